The van der Waals surface area contributed by atoms with E-state index in [-0.39, 0.29) is 30.5 Å². The van der Waals surface area contributed by atoms with Crippen LogP contribution in [0, 0.1) is 11.8 Å². The van der Waals surface area contributed by atoms with Crippen LogP contribution in [0.4, 0.5) is 0 Å². The van der Waals surface area contributed by atoms with Gasteiger partial charge in [-0.2, -0.15) is 0 Å². The van der Waals surface area contributed by atoms with E-state index in [1.165, 1.54) is 0 Å². The third-order valence-electron chi connectivity index (χ3n) is 5.22. The molecule has 1 aromatic carbocycles. The Morgan fingerprint density at radius 2 is 2.07 bits per heavy atom. The molecule has 1 aliphatic heterocycles. The van der Waals surface area contributed by atoms with Crippen LogP contribution in [-0.4, -0.2) is 41.1 Å². The second-order valence-corrected chi connectivity index (χ2v) is 7.25. The largest absolute Gasteiger partial charge is 0.491 e. The summed E-state index contributed by atoms with van der Waals surface area (Å²) < 4.78 is 11.2. The highest BCUT2D eigenvalue weighted by Crippen LogP contribution is 2.38. The van der Waals surface area contributed by atoms with Gasteiger partial charge in [0, 0.05) is 24.7 Å². The predicted octanol–water partition coefficient (Wildman–Crippen LogP) is 3.02. The highest BCUT2D eigenvalue weighted by Gasteiger charge is 2.42. The lowest BCUT2D eigenvalue weighted by Crippen LogP contribution is -2.25. The van der Waals surface area contributed by atoms with E-state index in [1.54, 1.807) is 6.08 Å². The number of hydrogen-bond acceptors (Lipinski definition) is 5. The monoisotopic (exact) mass is 372 g/mol. The lowest BCUT2D eigenvalue weighted by Gasteiger charge is -2.23. The molecular formula is C22H28O5. The van der Waals surface area contributed by atoms with E-state index in [4.69, 9.17) is 9.47 Å². The van der Waals surface area contributed by atoms with Crippen molar-refractivity contribution < 1.29 is 24.5 Å². The van der Waals surface area contributed by atoms with Crippen LogP contribution in [0.5, 0.6) is 5.75 Å². The average Bonchev–Trinajstić information content (AvgIpc) is 2.96. The molecule has 2 N–H and O–H groups in total. The molecule has 1 aromatic rings. The maximum absolute atomic E-state index is 11.9. The molecule has 1 heterocycles. The fraction of sp³-hybridized carbons (Fsp3) is 0.500. The van der Waals surface area contributed by atoms with Gasteiger partial charge in [0.15, 0.2) is 0 Å². The minimum atomic E-state index is -0.769. The van der Waals surface area contributed by atoms with Gasteiger partial charge in [0.2, 0.25) is 0 Å². The van der Waals surface area contributed by atoms with Gasteiger partial charge in [-0.15, -0.1) is 0 Å². The molecule has 0 saturated heterocycles. The summed E-state index contributed by atoms with van der Waals surface area (Å²) in [6, 6.07) is 9.33. The zero-order valence-corrected chi connectivity index (χ0v) is 15.4. The van der Waals surface area contributed by atoms with Crippen LogP contribution in [0.25, 0.3) is 0 Å². The summed E-state index contributed by atoms with van der Waals surface area (Å²) in [5.41, 5.74) is 0. The minimum Gasteiger partial charge on any atom is -0.491 e. The Kier molecular flexibility index (Phi) is 7.07. The van der Waals surface area contributed by atoms with E-state index in [0.717, 1.165) is 19.3 Å². The van der Waals surface area contributed by atoms with Crippen molar-refractivity contribution in [2.24, 2.45) is 11.8 Å². The molecule has 3 rings (SSSR count). The molecule has 5 nitrogen and oxygen atoms in total. The summed E-state index contributed by atoms with van der Waals surface area (Å²) in [6.07, 6.45) is 9.38. The van der Waals surface area contributed by atoms with Gasteiger partial charge in [-0.1, -0.05) is 42.5 Å². The van der Waals surface area contributed by atoms with Crippen molar-refractivity contribution in [1.29, 1.82) is 0 Å². The van der Waals surface area contributed by atoms with Crippen LogP contribution in [0.3, 0.4) is 0 Å². The number of benzene rings is 1. The third-order valence-corrected chi connectivity index (χ3v) is 5.22. The number of para-hydroxylation sites is 1. The second kappa shape index (κ2) is 9.72. The molecule has 0 aromatic heterocycles. The molecule has 0 radical (unpaired) electrons. The van der Waals surface area contributed by atoms with Gasteiger partial charge in [-0.25, -0.2) is 0 Å². The number of fused-ring (bicyclic) bond motifs is 1. The number of rotatable bonds is 5. The van der Waals surface area contributed by atoms with E-state index < -0.39 is 12.2 Å². The molecule has 5 atom stereocenters. The van der Waals surface area contributed by atoms with Crippen molar-refractivity contribution in [3.8, 4) is 5.75 Å². The summed E-state index contributed by atoms with van der Waals surface area (Å²) >= 11 is 0. The Hall–Kier alpha value is -2.11. The van der Waals surface area contributed by atoms with E-state index in [1.807, 2.05) is 36.4 Å². The number of carbonyl (C=O) groups excluding carboxylic acids is 1. The maximum Gasteiger partial charge on any atom is 0.306 e. The van der Waals surface area contributed by atoms with Crippen molar-refractivity contribution in [3.05, 3.63) is 54.6 Å². The average molecular weight is 372 g/mol. The normalized spacial score (nSPS) is 31.1. The summed E-state index contributed by atoms with van der Waals surface area (Å²) in [4.78, 5) is 11.9. The van der Waals surface area contributed by atoms with E-state index in [9.17, 15) is 15.0 Å². The first kappa shape index (κ1) is 19.6. The van der Waals surface area contributed by atoms with Crippen LogP contribution < -0.4 is 4.74 Å². The highest BCUT2D eigenvalue weighted by atomic mass is 16.5. The van der Waals surface area contributed by atoms with Gasteiger partial charge in [-0.05, 0) is 31.4 Å². The summed E-state index contributed by atoms with van der Waals surface area (Å²) in [5.74, 6) is 0.388. The zero-order chi connectivity index (χ0) is 19.1. The number of allylic oxidation sites excluding steroid dienone is 2. The van der Waals surface area contributed by atoms with Gasteiger partial charge in [0.1, 0.15) is 24.6 Å². The number of hydrogen-bond donors (Lipinski definition) is 2. The quantitative estimate of drug-likeness (QED) is 0.614. The van der Waals surface area contributed by atoms with Crippen molar-refractivity contribution in [2.75, 3.05) is 6.61 Å². The molecule has 0 bridgehead atoms. The van der Waals surface area contributed by atoms with Gasteiger partial charge < -0.3 is 19.7 Å². The second-order valence-electron chi connectivity index (χ2n) is 7.25. The molecule has 1 aliphatic carbocycles. The Bertz CT molecular complexity index is 654. The predicted molar refractivity (Wildman–Crippen MR) is 102 cm³/mol. The van der Waals surface area contributed by atoms with Crippen LogP contribution in [-0.2, 0) is 9.53 Å². The maximum atomic E-state index is 11.9. The van der Waals surface area contributed by atoms with Crippen molar-refractivity contribution in [2.45, 2.75) is 50.4 Å². The molecule has 2 aliphatic rings. The molecule has 1 saturated carbocycles. The molecule has 0 unspecified atom stereocenters. The number of aliphatic hydroxyl groups is 2. The van der Waals surface area contributed by atoms with Crippen LogP contribution >= 0.6 is 0 Å². The van der Waals surface area contributed by atoms with Crippen molar-refractivity contribution in [1.82, 2.24) is 0 Å². The Morgan fingerprint density at radius 3 is 2.89 bits per heavy atom. The Balaban J connectivity index is 1.60. The summed E-state index contributed by atoms with van der Waals surface area (Å²) in [5, 5.41) is 20.7. The fourth-order valence-corrected chi connectivity index (χ4v) is 3.79. The third kappa shape index (κ3) is 5.68. The number of esters is 1. The molecule has 5 heteroatoms. The topological polar surface area (TPSA) is 76.0 Å². The SMILES string of the molecule is O=C1CCC/C=C\C[C@@H]2[C@@H](/C=C/[C@@H](O)COc3ccccc3)[C@H](O)C[C@@H]2O1. The van der Waals surface area contributed by atoms with E-state index in [0.29, 0.717) is 18.6 Å². The van der Waals surface area contributed by atoms with E-state index >= 15 is 0 Å². The van der Waals surface area contributed by atoms with Crippen LogP contribution in [0.15, 0.2) is 54.6 Å². The Morgan fingerprint density at radius 1 is 1.26 bits per heavy atom. The van der Waals surface area contributed by atoms with E-state index in [2.05, 4.69) is 12.2 Å². The van der Waals surface area contributed by atoms with Crippen LogP contribution in [0.1, 0.15) is 32.1 Å². The van der Waals surface area contributed by atoms with Gasteiger partial charge >= 0.3 is 5.97 Å². The first-order valence-electron chi connectivity index (χ1n) is 9.70. The minimum absolute atomic E-state index is 0.0248. The summed E-state index contributed by atoms with van der Waals surface area (Å²) in [6.45, 7) is 0.145. The molecule has 27 heavy (non-hydrogen) atoms. The highest BCUT2D eigenvalue weighted by molar-refractivity contribution is 5.69. The lowest BCUT2D eigenvalue weighted by atomic mass is 9.89. The standard InChI is InChI=1S/C22H28O5/c23-16(15-26-17-8-4-3-5-9-17)12-13-18-19-10-6-1-2-7-11-22(25)27-21(19)14-20(18)24/h1,3-6,8-9,12-13,16,18-21,23-24H,2,7,10-11,14-15H2/b6-1-,13-12+/t16-,18-,19-,20-,21+/m1/s1. The smallest absolute Gasteiger partial charge is 0.306 e. The van der Waals surface area contributed by atoms with Crippen molar-refractivity contribution >= 4 is 5.97 Å². The van der Waals surface area contributed by atoms with Gasteiger partial charge in [-0.3, -0.25) is 4.79 Å². The molecular weight excluding hydrogens is 344 g/mol. The first-order valence-corrected chi connectivity index (χ1v) is 9.70. The fourth-order valence-electron chi connectivity index (χ4n) is 3.79. The molecule has 0 spiro atoms. The van der Waals surface area contributed by atoms with Crippen molar-refractivity contribution in [3.63, 3.8) is 0 Å². The number of aliphatic hydroxyl groups excluding tert-OH is 2. The number of carbonyl (C=O) groups is 1. The molecule has 146 valence electrons. The van der Waals surface area contributed by atoms with Gasteiger partial charge in [0.05, 0.1) is 6.10 Å². The van der Waals surface area contributed by atoms with Crippen LogP contribution in [0.2, 0.25) is 0 Å². The zero-order valence-electron chi connectivity index (χ0n) is 15.4. The Labute approximate surface area is 160 Å². The summed E-state index contributed by atoms with van der Waals surface area (Å²) in [7, 11) is 0. The number of ether oxygens (including phenoxy) is 2. The molecule has 1 fully saturated rings. The lowest BCUT2D eigenvalue weighted by molar-refractivity contribution is -0.151. The first-order chi connectivity index (χ1) is 13.1. The van der Waals surface area contributed by atoms with Gasteiger partial charge in [0.25, 0.3) is 0 Å². The molecule has 0 amide bonds.